The van der Waals surface area contributed by atoms with Crippen LogP contribution in [0, 0.1) is 0 Å². The van der Waals surface area contributed by atoms with Crippen LogP contribution in [0.1, 0.15) is 17.5 Å². The summed E-state index contributed by atoms with van der Waals surface area (Å²) in [5, 5.41) is 2.45. The highest BCUT2D eigenvalue weighted by Crippen LogP contribution is 2.41. The van der Waals surface area contributed by atoms with Crippen LogP contribution in [0.4, 0.5) is 0 Å². The first-order valence-electron chi connectivity index (χ1n) is 14.4. The van der Waals surface area contributed by atoms with Crippen molar-refractivity contribution in [3.8, 4) is 33.4 Å². The molecular formula is C36H18B8. The maximum atomic E-state index is 6.85. The third kappa shape index (κ3) is 4.33. The molecule has 0 bridgehead atoms. The van der Waals surface area contributed by atoms with Crippen LogP contribution in [-0.2, 0) is 6.42 Å². The average Bonchev–Trinajstić information content (AvgIpc) is 3.06. The van der Waals surface area contributed by atoms with Crippen molar-refractivity contribution in [3.05, 3.63) is 90.0 Å². The normalized spacial score (nSPS) is 12.5. The van der Waals surface area contributed by atoms with Gasteiger partial charge in [0.1, 0.15) is 62.8 Å². The summed E-state index contributed by atoms with van der Waals surface area (Å²) in [5.41, 5.74) is 9.67. The van der Waals surface area contributed by atoms with Crippen molar-refractivity contribution < 1.29 is 0 Å². The molecule has 0 N–H and O–H groups in total. The Labute approximate surface area is 269 Å². The highest BCUT2D eigenvalue weighted by Gasteiger charge is 2.24. The van der Waals surface area contributed by atoms with Crippen LogP contribution in [0.3, 0.4) is 0 Å². The summed E-state index contributed by atoms with van der Waals surface area (Å²) >= 11 is 0. The van der Waals surface area contributed by atoms with Crippen LogP contribution in [0.25, 0.3) is 61.0 Å². The largest absolute Gasteiger partial charge is 0.113 e. The van der Waals surface area contributed by atoms with Gasteiger partial charge in [0.2, 0.25) is 0 Å². The second-order valence-electron chi connectivity index (χ2n) is 11.4. The van der Waals surface area contributed by atoms with E-state index in [9.17, 15) is 0 Å². The number of fused-ring (bicyclic) bond motifs is 3. The monoisotopic (exact) mass is 538 g/mol. The van der Waals surface area contributed by atoms with E-state index in [1.165, 1.54) is 11.1 Å². The van der Waals surface area contributed by atoms with Gasteiger partial charge in [0, 0.05) is 0 Å². The Kier molecular flexibility index (Phi) is 7.16. The molecule has 6 aromatic carbocycles. The molecule has 0 aromatic heterocycles. The molecule has 0 amide bonds. The third-order valence-electron chi connectivity index (χ3n) is 8.89. The van der Waals surface area contributed by atoms with Gasteiger partial charge < -0.3 is 0 Å². The second-order valence-corrected chi connectivity index (χ2v) is 11.4. The molecule has 0 aliphatic heterocycles. The molecular weight excluding hydrogens is 519 g/mol. The van der Waals surface area contributed by atoms with Gasteiger partial charge in [-0.1, -0.05) is 94.7 Å². The van der Waals surface area contributed by atoms with Gasteiger partial charge in [-0.25, -0.2) is 0 Å². The molecule has 0 unspecified atom stereocenters. The highest BCUT2D eigenvalue weighted by molar-refractivity contribution is 6.71. The van der Waals surface area contributed by atoms with Gasteiger partial charge in [-0.05, 0) is 91.0 Å². The van der Waals surface area contributed by atoms with Gasteiger partial charge in [-0.2, -0.15) is 0 Å². The van der Waals surface area contributed by atoms with Crippen LogP contribution in [-0.4, -0.2) is 62.8 Å². The molecule has 0 nitrogen and oxygen atoms in total. The van der Waals surface area contributed by atoms with Crippen molar-refractivity contribution in [1.29, 1.82) is 0 Å². The summed E-state index contributed by atoms with van der Waals surface area (Å²) < 4.78 is 0. The van der Waals surface area contributed by atoms with Crippen molar-refractivity contribution in [3.63, 3.8) is 0 Å². The molecule has 0 saturated heterocycles. The second kappa shape index (κ2) is 10.9. The minimum atomic E-state index is 0.196. The summed E-state index contributed by atoms with van der Waals surface area (Å²) in [6.07, 6.45) is 6.48. The van der Waals surface area contributed by atoms with Crippen LogP contribution >= 0.6 is 0 Å². The van der Waals surface area contributed by atoms with E-state index in [1.54, 1.807) is 0 Å². The van der Waals surface area contributed by atoms with Crippen LogP contribution in [0.15, 0.2) is 78.9 Å². The summed E-state index contributed by atoms with van der Waals surface area (Å²) in [5.74, 6) is 0. The van der Waals surface area contributed by atoms with E-state index in [0.717, 1.165) is 35.1 Å². The zero-order valence-electron chi connectivity index (χ0n) is 24.1. The van der Waals surface area contributed by atoms with E-state index in [0.29, 0.717) is 54.5 Å². The molecule has 186 valence electrons. The fraction of sp³-hybridized carbons (Fsp3) is 0.0556. The molecule has 7 rings (SSSR count). The molecule has 0 spiro atoms. The van der Waals surface area contributed by atoms with E-state index in [1.807, 2.05) is 42.5 Å². The Balaban J connectivity index is 1.68. The number of allylic oxidation sites excluding steroid dienone is 1. The molecule has 0 saturated carbocycles. The average molecular weight is 537 g/mol. The van der Waals surface area contributed by atoms with Gasteiger partial charge in [0.05, 0.1) is 0 Å². The number of aryl methyl sites for hydroxylation is 1. The summed E-state index contributed by atoms with van der Waals surface area (Å²) in [6.45, 7) is 0. The molecule has 8 heteroatoms. The molecule has 1 aliphatic carbocycles. The predicted molar refractivity (Wildman–Crippen MR) is 198 cm³/mol. The summed E-state index contributed by atoms with van der Waals surface area (Å²) in [4.78, 5) is 0. The Morgan fingerprint density at radius 2 is 0.886 bits per heavy atom. The van der Waals surface area contributed by atoms with Gasteiger partial charge in [0.15, 0.2) is 0 Å². The third-order valence-corrected chi connectivity index (χ3v) is 8.89. The first-order valence-corrected chi connectivity index (χ1v) is 14.4. The van der Waals surface area contributed by atoms with Crippen molar-refractivity contribution in [1.82, 2.24) is 0 Å². The first-order chi connectivity index (χ1) is 21.2. The van der Waals surface area contributed by atoms with E-state index < -0.39 is 0 Å². The van der Waals surface area contributed by atoms with Crippen molar-refractivity contribution >= 4 is 134 Å². The Morgan fingerprint density at radius 3 is 1.45 bits per heavy atom. The van der Waals surface area contributed by atoms with E-state index in [4.69, 9.17) is 62.8 Å². The smallest absolute Gasteiger partial charge is 0.110 e. The lowest BCUT2D eigenvalue weighted by Gasteiger charge is -2.28. The molecule has 0 fully saturated rings. The molecule has 44 heavy (non-hydrogen) atoms. The quantitative estimate of drug-likeness (QED) is 0.226. The lowest BCUT2D eigenvalue weighted by Crippen LogP contribution is -2.50. The van der Waals surface area contributed by atoms with Crippen LogP contribution in [0.5, 0.6) is 0 Å². The van der Waals surface area contributed by atoms with Crippen molar-refractivity contribution in [2.24, 2.45) is 0 Å². The minimum absolute atomic E-state index is 0.196. The van der Waals surface area contributed by atoms with Gasteiger partial charge in [-0.15, -0.1) is 21.9 Å². The van der Waals surface area contributed by atoms with Crippen molar-refractivity contribution in [2.45, 2.75) is 12.8 Å². The summed E-state index contributed by atoms with van der Waals surface area (Å²) in [7, 11) is 53.3. The zero-order chi connectivity index (χ0) is 30.9. The highest BCUT2D eigenvalue weighted by atomic mass is 14.2. The molecule has 0 heterocycles. The number of benzene rings is 6. The maximum Gasteiger partial charge on any atom is 0.113 e. The molecule has 1 aliphatic rings. The first kappa shape index (κ1) is 28.8. The Morgan fingerprint density at radius 1 is 0.409 bits per heavy atom. The lowest BCUT2D eigenvalue weighted by atomic mass is 9.59. The van der Waals surface area contributed by atoms with E-state index in [-0.39, 0.29) is 21.9 Å². The molecule has 6 aromatic rings. The standard InChI is InChI=1S/C36H18B8/c37-29-25-23(18-8-2-1-3-9-18)26-28(32(40)36(44)34(42)30(26)38)24(27(25)31(39)35(43)33(29)41)22-12-6-11-20(16-22)21-14-13-17-7-4-5-10-19(17)15-21/h1-3,5-6,8-16H,4,7H2. The lowest BCUT2D eigenvalue weighted by molar-refractivity contribution is 0.986. The molecule has 16 radical (unpaired) electrons. The topological polar surface area (TPSA) is 0 Å². The Bertz CT molecular complexity index is 2120. The predicted octanol–water partition coefficient (Wildman–Crippen LogP) is 0.304. The maximum absolute atomic E-state index is 6.85. The van der Waals surface area contributed by atoms with Gasteiger partial charge in [-0.3, -0.25) is 0 Å². The van der Waals surface area contributed by atoms with Crippen molar-refractivity contribution in [2.75, 3.05) is 0 Å². The number of rotatable bonds is 3. The van der Waals surface area contributed by atoms with Gasteiger partial charge >= 0.3 is 0 Å². The zero-order valence-corrected chi connectivity index (χ0v) is 24.1. The van der Waals surface area contributed by atoms with Crippen LogP contribution in [0.2, 0.25) is 0 Å². The number of hydrogen-bond acceptors (Lipinski definition) is 0. The summed E-state index contributed by atoms with van der Waals surface area (Å²) in [6, 6.07) is 24.5. The Hall–Kier alpha value is -3.90. The van der Waals surface area contributed by atoms with E-state index >= 15 is 0 Å². The number of hydrogen-bond donors (Lipinski definition) is 0. The minimum Gasteiger partial charge on any atom is -0.110 e. The van der Waals surface area contributed by atoms with Gasteiger partial charge in [0.25, 0.3) is 0 Å². The van der Waals surface area contributed by atoms with Crippen LogP contribution < -0.4 is 43.7 Å². The SMILES string of the molecule is [B]c1c([B])c([B])c2c(-c3cccc(-c4ccc5c(c4)C=CCC5)c3)c3c([B])c([B])c([B])c([B])c3c(-c3ccccc3)c2c1[B]. The fourth-order valence-electron chi connectivity index (χ4n) is 6.59. The molecule has 0 atom stereocenters. The fourth-order valence-corrected chi connectivity index (χ4v) is 6.59. The van der Waals surface area contributed by atoms with E-state index in [2.05, 4.69) is 42.5 Å².